The normalized spacial score (nSPS) is 10.4. The molecule has 0 aliphatic carbocycles. The van der Waals surface area contributed by atoms with E-state index >= 15 is 0 Å². The largest absolute Gasteiger partial charge is 0.493 e. The standard InChI is InChI=1S/C19H24ClNO2.ClH/c1-14(2)11-21-12-15-8-9-18(19(10-15)22-3)23-13-16-6-4-5-7-17(16)20;/h4-10,14,21H,11-13H2,1-3H3;1H. The second kappa shape index (κ2) is 10.4. The topological polar surface area (TPSA) is 30.5 Å². The lowest BCUT2D eigenvalue weighted by molar-refractivity contribution is 0.284. The minimum atomic E-state index is 0. The second-order valence-electron chi connectivity index (χ2n) is 5.89. The van der Waals surface area contributed by atoms with Crippen LogP contribution in [0.5, 0.6) is 11.5 Å². The Labute approximate surface area is 155 Å². The van der Waals surface area contributed by atoms with Crippen LogP contribution in [0, 0.1) is 5.92 Å². The van der Waals surface area contributed by atoms with E-state index < -0.39 is 0 Å². The molecule has 0 fully saturated rings. The van der Waals surface area contributed by atoms with Gasteiger partial charge in [0.15, 0.2) is 11.5 Å². The molecule has 0 bridgehead atoms. The van der Waals surface area contributed by atoms with Gasteiger partial charge in [0.05, 0.1) is 7.11 Å². The fraction of sp³-hybridized carbons (Fsp3) is 0.368. The minimum absolute atomic E-state index is 0. The molecule has 0 aromatic heterocycles. The molecule has 0 amide bonds. The molecule has 2 aromatic rings. The molecule has 0 saturated heterocycles. The number of hydrogen-bond acceptors (Lipinski definition) is 3. The van der Waals surface area contributed by atoms with E-state index in [1.54, 1.807) is 7.11 Å². The zero-order valence-electron chi connectivity index (χ0n) is 14.3. The van der Waals surface area contributed by atoms with Crippen LogP contribution >= 0.6 is 24.0 Å². The van der Waals surface area contributed by atoms with E-state index in [1.807, 2.05) is 36.4 Å². The molecule has 0 atom stereocenters. The molecule has 0 aliphatic heterocycles. The zero-order valence-corrected chi connectivity index (χ0v) is 15.9. The lowest BCUT2D eigenvalue weighted by Crippen LogP contribution is -2.18. The van der Waals surface area contributed by atoms with Crippen molar-refractivity contribution in [1.82, 2.24) is 5.32 Å². The number of halogens is 2. The van der Waals surface area contributed by atoms with Crippen molar-refractivity contribution in [3.05, 3.63) is 58.6 Å². The summed E-state index contributed by atoms with van der Waals surface area (Å²) in [4.78, 5) is 0. The molecule has 1 N–H and O–H groups in total. The van der Waals surface area contributed by atoms with Crippen molar-refractivity contribution in [2.75, 3.05) is 13.7 Å². The van der Waals surface area contributed by atoms with E-state index in [4.69, 9.17) is 21.1 Å². The van der Waals surface area contributed by atoms with Crippen molar-refractivity contribution in [3.63, 3.8) is 0 Å². The molecule has 132 valence electrons. The van der Waals surface area contributed by atoms with Crippen LogP contribution in [0.4, 0.5) is 0 Å². The van der Waals surface area contributed by atoms with E-state index in [9.17, 15) is 0 Å². The van der Waals surface area contributed by atoms with Gasteiger partial charge in [0.1, 0.15) is 6.61 Å². The van der Waals surface area contributed by atoms with Gasteiger partial charge in [-0.2, -0.15) is 0 Å². The van der Waals surface area contributed by atoms with Gasteiger partial charge in [-0.25, -0.2) is 0 Å². The summed E-state index contributed by atoms with van der Waals surface area (Å²) in [7, 11) is 1.66. The Morgan fingerprint density at radius 1 is 1.08 bits per heavy atom. The summed E-state index contributed by atoms with van der Waals surface area (Å²) in [6.07, 6.45) is 0. The van der Waals surface area contributed by atoms with Gasteiger partial charge < -0.3 is 14.8 Å². The van der Waals surface area contributed by atoms with Crippen molar-refractivity contribution in [2.24, 2.45) is 5.92 Å². The first-order valence-corrected chi connectivity index (χ1v) is 8.21. The van der Waals surface area contributed by atoms with E-state index in [-0.39, 0.29) is 12.4 Å². The quantitative estimate of drug-likeness (QED) is 0.702. The third-order valence-electron chi connectivity index (χ3n) is 3.45. The molecule has 2 aromatic carbocycles. The third kappa shape index (κ3) is 6.23. The van der Waals surface area contributed by atoms with Gasteiger partial charge >= 0.3 is 0 Å². The molecule has 0 unspecified atom stereocenters. The van der Waals surface area contributed by atoms with Gasteiger partial charge in [0, 0.05) is 17.1 Å². The molecular weight excluding hydrogens is 345 g/mol. The molecule has 0 aliphatic rings. The Morgan fingerprint density at radius 2 is 1.83 bits per heavy atom. The molecule has 3 nitrogen and oxygen atoms in total. The smallest absolute Gasteiger partial charge is 0.161 e. The maximum Gasteiger partial charge on any atom is 0.161 e. The van der Waals surface area contributed by atoms with Gasteiger partial charge in [-0.1, -0.05) is 49.7 Å². The number of ether oxygens (including phenoxy) is 2. The van der Waals surface area contributed by atoms with Crippen molar-refractivity contribution < 1.29 is 9.47 Å². The molecule has 2 rings (SSSR count). The Balaban J connectivity index is 0.00000288. The van der Waals surface area contributed by atoms with Crippen LogP contribution in [0.3, 0.4) is 0 Å². The predicted molar refractivity (Wildman–Crippen MR) is 103 cm³/mol. The fourth-order valence-electron chi connectivity index (χ4n) is 2.22. The highest BCUT2D eigenvalue weighted by molar-refractivity contribution is 6.31. The van der Waals surface area contributed by atoms with E-state index in [0.29, 0.717) is 17.5 Å². The van der Waals surface area contributed by atoms with Crippen LogP contribution in [-0.4, -0.2) is 13.7 Å². The first-order chi connectivity index (χ1) is 11.1. The molecule has 0 spiro atoms. The number of nitrogens with one attached hydrogen (secondary N) is 1. The molecule has 0 heterocycles. The van der Waals surface area contributed by atoms with Gasteiger partial charge in [0.25, 0.3) is 0 Å². The third-order valence-corrected chi connectivity index (χ3v) is 3.82. The first-order valence-electron chi connectivity index (χ1n) is 7.84. The van der Waals surface area contributed by atoms with Gasteiger partial charge in [-0.15, -0.1) is 12.4 Å². The number of rotatable bonds is 8. The molecule has 0 saturated carbocycles. The van der Waals surface area contributed by atoms with E-state index in [0.717, 1.165) is 30.2 Å². The van der Waals surface area contributed by atoms with Gasteiger partial charge in [-0.3, -0.25) is 0 Å². The SMILES string of the molecule is COc1cc(CNCC(C)C)ccc1OCc1ccccc1Cl.Cl. The Kier molecular flexibility index (Phi) is 8.98. The van der Waals surface area contributed by atoms with Crippen LogP contribution in [-0.2, 0) is 13.2 Å². The number of methoxy groups -OCH3 is 1. The van der Waals surface area contributed by atoms with Crippen LogP contribution in [0.2, 0.25) is 5.02 Å². The summed E-state index contributed by atoms with van der Waals surface area (Å²) in [6, 6.07) is 13.7. The average Bonchev–Trinajstić information content (AvgIpc) is 2.54. The monoisotopic (exact) mass is 369 g/mol. The summed E-state index contributed by atoms with van der Waals surface area (Å²) in [5.74, 6) is 2.09. The highest BCUT2D eigenvalue weighted by Crippen LogP contribution is 2.29. The predicted octanol–water partition coefficient (Wildman–Crippen LogP) is 5.10. The molecule has 24 heavy (non-hydrogen) atoms. The Morgan fingerprint density at radius 3 is 2.50 bits per heavy atom. The highest BCUT2D eigenvalue weighted by atomic mass is 35.5. The second-order valence-corrected chi connectivity index (χ2v) is 6.30. The van der Waals surface area contributed by atoms with Crippen LogP contribution in [0.1, 0.15) is 25.0 Å². The van der Waals surface area contributed by atoms with Crippen molar-refractivity contribution in [2.45, 2.75) is 27.0 Å². The van der Waals surface area contributed by atoms with Gasteiger partial charge in [0.2, 0.25) is 0 Å². The Hall–Kier alpha value is -1.42. The van der Waals surface area contributed by atoms with Gasteiger partial charge in [-0.05, 0) is 36.2 Å². The van der Waals surface area contributed by atoms with Crippen molar-refractivity contribution >= 4 is 24.0 Å². The first kappa shape index (κ1) is 20.6. The van der Waals surface area contributed by atoms with Crippen LogP contribution < -0.4 is 14.8 Å². The lowest BCUT2D eigenvalue weighted by Gasteiger charge is -2.13. The summed E-state index contributed by atoms with van der Waals surface area (Å²) in [5.41, 5.74) is 2.13. The van der Waals surface area contributed by atoms with E-state index in [1.165, 1.54) is 5.56 Å². The van der Waals surface area contributed by atoms with Crippen LogP contribution in [0.25, 0.3) is 0 Å². The van der Waals surface area contributed by atoms with Crippen molar-refractivity contribution in [1.29, 1.82) is 0 Å². The van der Waals surface area contributed by atoms with Crippen molar-refractivity contribution in [3.8, 4) is 11.5 Å². The summed E-state index contributed by atoms with van der Waals surface area (Å²) in [5, 5.41) is 4.13. The minimum Gasteiger partial charge on any atom is -0.493 e. The van der Waals surface area contributed by atoms with Crippen LogP contribution in [0.15, 0.2) is 42.5 Å². The molecule has 5 heteroatoms. The molecule has 0 radical (unpaired) electrons. The Bertz CT molecular complexity index is 633. The highest BCUT2D eigenvalue weighted by Gasteiger charge is 2.07. The summed E-state index contributed by atoms with van der Waals surface area (Å²) in [6.45, 7) is 6.62. The number of hydrogen-bond donors (Lipinski definition) is 1. The lowest BCUT2D eigenvalue weighted by atomic mass is 10.1. The van der Waals surface area contributed by atoms with E-state index in [2.05, 4.69) is 25.2 Å². The molecular formula is C19H25Cl2NO2. The fourth-order valence-corrected chi connectivity index (χ4v) is 2.41. The zero-order chi connectivity index (χ0) is 16.7. The number of benzene rings is 2. The maximum absolute atomic E-state index is 6.15. The summed E-state index contributed by atoms with van der Waals surface area (Å²) >= 11 is 6.15. The summed E-state index contributed by atoms with van der Waals surface area (Å²) < 4.78 is 11.3. The maximum atomic E-state index is 6.15. The average molecular weight is 370 g/mol.